The Morgan fingerprint density at radius 1 is 1.44 bits per heavy atom. The lowest BCUT2D eigenvalue weighted by atomic mass is 10.0. The van der Waals surface area contributed by atoms with Crippen LogP contribution in [-0.2, 0) is 6.54 Å². The standard InChI is InChI=1S/C14H23N3O/c1-10(2)6-7-16-9-13-5-4-12(8-11(13)3)14(15)17-18/h4-5,8,10,16,18H,6-7,9H2,1-3H3,(H2,15,17). The number of benzene rings is 1. The first-order valence-corrected chi connectivity index (χ1v) is 6.32. The van der Waals surface area contributed by atoms with E-state index >= 15 is 0 Å². The first-order valence-electron chi connectivity index (χ1n) is 6.32. The van der Waals surface area contributed by atoms with Crippen LogP contribution < -0.4 is 11.1 Å². The van der Waals surface area contributed by atoms with Crippen molar-refractivity contribution in [2.24, 2.45) is 16.8 Å². The van der Waals surface area contributed by atoms with E-state index in [1.54, 1.807) is 0 Å². The van der Waals surface area contributed by atoms with Crippen LogP contribution in [0.15, 0.2) is 23.4 Å². The summed E-state index contributed by atoms with van der Waals surface area (Å²) in [5.41, 5.74) is 8.70. The summed E-state index contributed by atoms with van der Waals surface area (Å²) in [6.07, 6.45) is 1.18. The fourth-order valence-electron chi connectivity index (χ4n) is 1.73. The van der Waals surface area contributed by atoms with Crippen LogP contribution in [-0.4, -0.2) is 17.6 Å². The number of aryl methyl sites for hydroxylation is 1. The number of nitrogens with zero attached hydrogens (tertiary/aromatic N) is 1. The Hall–Kier alpha value is -1.55. The fraction of sp³-hybridized carbons (Fsp3) is 0.500. The van der Waals surface area contributed by atoms with Crippen molar-refractivity contribution in [2.75, 3.05) is 6.54 Å². The van der Waals surface area contributed by atoms with Crippen LogP contribution in [0.4, 0.5) is 0 Å². The van der Waals surface area contributed by atoms with Crippen molar-refractivity contribution in [3.8, 4) is 0 Å². The van der Waals surface area contributed by atoms with Crippen molar-refractivity contribution in [3.63, 3.8) is 0 Å². The molecule has 18 heavy (non-hydrogen) atoms. The van der Waals surface area contributed by atoms with E-state index in [0.717, 1.165) is 30.1 Å². The van der Waals surface area contributed by atoms with Gasteiger partial charge in [-0.05, 0) is 43.0 Å². The third-order valence-corrected chi connectivity index (χ3v) is 2.96. The molecule has 0 bridgehead atoms. The van der Waals surface area contributed by atoms with Crippen LogP contribution in [0.1, 0.15) is 37.0 Å². The quantitative estimate of drug-likeness (QED) is 0.238. The molecule has 0 unspecified atom stereocenters. The summed E-state index contributed by atoms with van der Waals surface area (Å²) < 4.78 is 0. The monoisotopic (exact) mass is 249 g/mol. The number of rotatable bonds is 6. The highest BCUT2D eigenvalue weighted by Crippen LogP contribution is 2.11. The van der Waals surface area contributed by atoms with Gasteiger partial charge in [-0.15, -0.1) is 0 Å². The number of hydrogen-bond donors (Lipinski definition) is 3. The van der Waals surface area contributed by atoms with Gasteiger partial charge < -0.3 is 16.3 Å². The van der Waals surface area contributed by atoms with E-state index < -0.39 is 0 Å². The number of amidine groups is 1. The van der Waals surface area contributed by atoms with Crippen molar-refractivity contribution in [3.05, 3.63) is 34.9 Å². The van der Waals surface area contributed by atoms with Gasteiger partial charge in [0, 0.05) is 12.1 Å². The zero-order valence-corrected chi connectivity index (χ0v) is 11.4. The number of nitrogens with one attached hydrogen (secondary N) is 1. The molecule has 0 fully saturated rings. The van der Waals surface area contributed by atoms with E-state index in [-0.39, 0.29) is 5.84 Å². The number of hydrogen-bond acceptors (Lipinski definition) is 3. The Balaban J connectivity index is 2.58. The molecular formula is C14H23N3O. The highest BCUT2D eigenvalue weighted by molar-refractivity contribution is 5.97. The summed E-state index contributed by atoms with van der Waals surface area (Å²) >= 11 is 0. The van der Waals surface area contributed by atoms with Gasteiger partial charge in [0.25, 0.3) is 0 Å². The summed E-state index contributed by atoms with van der Waals surface area (Å²) in [4.78, 5) is 0. The van der Waals surface area contributed by atoms with Crippen LogP contribution in [0.5, 0.6) is 0 Å². The smallest absolute Gasteiger partial charge is 0.170 e. The molecule has 4 heteroatoms. The largest absolute Gasteiger partial charge is 0.409 e. The van der Waals surface area contributed by atoms with Gasteiger partial charge in [0.15, 0.2) is 5.84 Å². The van der Waals surface area contributed by atoms with E-state index in [9.17, 15) is 0 Å². The van der Waals surface area contributed by atoms with Gasteiger partial charge in [0.2, 0.25) is 0 Å². The minimum atomic E-state index is 0.150. The van der Waals surface area contributed by atoms with Gasteiger partial charge in [-0.2, -0.15) is 0 Å². The maximum atomic E-state index is 8.62. The summed E-state index contributed by atoms with van der Waals surface area (Å²) in [6.45, 7) is 8.36. The van der Waals surface area contributed by atoms with Gasteiger partial charge in [-0.3, -0.25) is 0 Å². The molecule has 0 atom stereocenters. The summed E-state index contributed by atoms with van der Waals surface area (Å²) in [6, 6.07) is 5.83. The third kappa shape index (κ3) is 4.37. The summed E-state index contributed by atoms with van der Waals surface area (Å²) in [5, 5.41) is 15.1. The topological polar surface area (TPSA) is 70.6 Å². The molecule has 0 aliphatic heterocycles. The Labute approximate surface area is 109 Å². The van der Waals surface area contributed by atoms with Gasteiger partial charge in [-0.25, -0.2) is 0 Å². The summed E-state index contributed by atoms with van der Waals surface area (Å²) in [5.74, 6) is 0.874. The minimum absolute atomic E-state index is 0.150. The Morgan fingerprint density at radius 2 is 2.17 bits per heavy atom. The predicted molar refractivity (Wildman–Crippen MR) is 74.9 cm³/mol. The molecule has 0 aliphatic carbocycles. The normalized spacial score (nSPS) is 12.1. The van der Waals surface area contributed by atoms with E-state index in [2.05, 4.69) is 24.3 Å². The van der Waals surface area contributed by atoms with Crippen LogP contribution in [0.2, 0.25) is 0 Å². The van der Waals surface area contributed by atoms with Crippen LogP contribution in [0.3, 0.4) is 0 Å². The molecular weight excluding hydrogens is 226 g/mol. The number of nitrogens with two attached hydrogens (primary N) is 1. The molecule has 1 aromatic carbocycles. The molecule has 1 aromatic rings. The molecule has 100 valence electrons. The molecule has 0 aromatic heterocycles. The molecule has 0 spiro atoms. The maximum Gasteiger partial charge on any atom is 0.170 e. The third-order valence-electron chi connectivity index (χ3n) is 2.96. The van der Waals surface area contributed by atoms with Gasteiger partial charge in [0.05, 0.1) is 0 Å². The zero-order valence-electron chi connectivity index (χ0n) is 11.4. The second kappa shape index (κ2) is 7.01. The summed E-state index contributed by atoms with van der Waals surface area (Å²) in [7, 11) is 0. The predicted octanol–water partition coefficient (Wildman–Crippen LogP) is 2.23. The van der Waals surface area contributed by atoms with Gasteiger partial charge in [-0.1, -0.05) is 31.1 Å². The molecule has 0 amide bonds. The average molecular weight is 249 g/mol. The molecule has 4 nitrogen and oxygen atoms in total. The first-order chi connectivity index (χ1) is 8.54. The minimum Gasteiger partial charge on any atom is -0.409 e. The lowest BCUT2D eigenvalue weighted by Crippen LogP contribution is -2.18. The first kappa shape index (κ1) is 14.5. The maximum absolute atomic E-state index is 8.62. The molecule has 0 saturated heterocycles. The lowest BCUT2D eigenvalue weighted by Gasteiger charge is -2.10. The van der Waals surface area contributed by atoms with Crippen LogP contribution in [0, 0.1) is 12.8 Å². The second-order valence-electron chi connectivity index (χ2n) is 4.99. The molecule has 0 radical (unpaired) electrons. The molecule has 0 saturated carbocycles. The SMILES string of the molecule is Cc1cc(/C(N)=N/O)ccc1CNCCC(C)C. The molecule has 1 rings (SSSR count). The highest BCUT2D eigenvalue weighted by Gasteiger charge is 2.03. The van der Waals surface area contributed by atoms with E-state index in [0.29, 0.717) is 0 Å². The van der Waals surface area contributed by atoms with Crippen molar-refractivity contribution in [2.45, 2.75) is 33.7 Å². The van der Waals surface area contributed by atoms with Crippen molar-refractivity contribution < 1.29 is 5.21 Å². The Morgan fingerprint density at radius 3 is 2.72 bits per heavy atom. The average Bonchev–Trinajstić information content (AvgIpc) is 2.34. The van der Waals surface area contributed by atoms with Gasteiger partial charge >= 0.3 is 0 Å². The van der Waals surface area contributed by atoms with E-state index in [1.165, 1.54) is 12.0 Å². The van der Waals surface area contributed by atoms with E-state index in [1.807, 2.05) is 25.1 Å². The highest BCUT2D eigenvalue weighted by atomic mass is 16.4. The van der Waals surface area contributed by atoms with Crippen molar-refractivity contribution in [1.82, 2.24) is 5.32 Å². The second-order valence-corrected chi connectivity index (χ2v) is 4.99. The zero-order chi connectivity index (χ0) is 13.5. The van der Waals surface area contributed by atoms with Crippen LogP contribution in [0.25, 0.3) is 0 Å². The lowest BCUT2D eigenvalue weighted by molar-refractivity contribution is 0.318. The number of oxime groups is 1. The Bertz CT molecular complexity index is 414. The fourth-order valence-corrected chi connectivity index (χ4v) is 1.73. The Kier molecular flexibility index (Phi) is 5.65. The molecule has 0 aliphatic rings. The van der Waals surface area contributed by atoms with Crippen molar-refractivity contribution >= 4 is 5.84 Å². The van der Waals surface area contributed by atoms with E-state index in [4.69, 9.17) is 10.9 Å². The van der Waals surface area contributed by atoms with Crippen LogP contribution >= 0.6 is 0 Å². The molecule has 4 N–H and O–H groups in total. The molecule has 0 heterocycles. The van der Waals surface area contributed by atoms with Gasteiger partial charge in [0.1, 0.15) is 0 Å². The van der Waals surface area contributed by atoms with Crippen molar-refractivity contribution in [1.29, 1.82) is 0 Å².